The summed E-state index contributed by atoms with van der Waals surface area (Å²) in [6.45, 7) is 4.50. The summed E-state index contributed by atoms with van der Waals surface area (Å²) in [6.07, 6.45) is 3.51. The molecular formula is C20H17N5OS3. The molecule has 0 radical (unpaired) electrons. The van der Waals surface area contributed by atoms with Gasteiger partial charge in [-0.2, -0.15) is 0 Å². The van der Waals surface area contributed by atoms with Gasteiger partial charge in [0.2, 0.25) is 0 Å². The highest BCUT2D eigenvalue weighted by Crippen LogP contribution is 2.29. The van der Waals surface area contributed by atoms with Gasteiger partial charge >= 0.3 is 0 Å². The molecular weight excluding hydrogens is 422 g/mol. The summed E-state index contributed by atoms with van der Waals surface area (Å²) in [5, 5.41) is 16.8. The van der Waals surface area contributed by atoms with Crippen LogP contribution in [0.1, 0.15) is 15.9 Å². The van der Waals surface area contributed by atoms with E-state index in [-0.39, 0.29) is 5.91 Å². The molecule has 0 fully saturated rings. The molecule has 0 aliphatic heterocycles. The fourth-order valence-corrected chi connectivity index (χ4v) is 4.78. The Morgan fingerprint density at radius 3 is 2.72 bits per heavy atom. The number of nitrogens with zero attached hydrogens (tertiary/aromatic N) is 4. The van der Waals surface area contributed by atoms with E-state index in [1.807, 2.05) is 53.2 Å². The third-order valence-corrected chi connectivity index (χ3v) is 6.60. The van der Waals surface area contributed by atoms with Gasteiger partial charge in [0.25, 0.3) is 5.91 Å². The van der Waals surface area contributed by atoms with Crippen LogP contribution in [0, 0.1) is 0 Å². The Hall–Kier alpha value is -2.75. The lowest BCUT2D eigenvalue weighted by Crippen LogP contribution is -2.11. The Balaban J connectivity index is 1.43. The molecule has 0 bridgehead atoms. The Kier molecular flexibility index (Phi) is 6.18. The number of thioether (sulfide) groups is 1. The highest BCUT2D eigenvalue weighted by molar-refractivity contribution is 7.98. The number of rotatable bonds is 8. The summed E-state index contributed by atoms with van der Waals surface area (Å²) in [4.78, 5) is 17.4. The molecule has 0 aliphatic rings. The quantitative estimate of drug-likeness (QED) is 0.302. The van der Waals surface area contributed by atoms with E-state index in [2.05, 4.69) is 31.6 Å². The first kappa shape index (κ1) is 19.6. The van der Waals surface area contributed by atoms with Crippen LogP contribution in [0.5, 0.6) is 0 Å². The molecule has 146 valence electrons. The fraction of sp³-hybridized carbons (Fsp3) is 0.100. The number of hydrogen-bond donors (Lipinski definition) is 1. The average Bonchev–Trinajstić information content (AvgIpc) is 3.49. The molecule has 0 saturated carbocycles. The van der Waals surface area contributed by atoms with E-state index in [1.165, 1.54) is 11.3 Å². The minimum atomic E-state index is -0.162. The van der Waals surface area contributed by atoms with Crippen LogP contribution in [0.2, 0.25) is 0 Å². The number of thiophene rings is 1. The topological polar surface area (TPSA) is 72.7 Å². The summed E-state index contributed by atoms with van der Waals surface area (Å²) >= 11 is 4.65. The van der Waals surface area contributed by atoms with Crippen molar-refractivity contribution in [2.45, 2.75) is 17.5 Å². The first-order chi connectivity index (χ1) is 14.2. The van der Waals surface area contributed by atoms with Crippen LogP contribution in [0.15, 0.2) is 71.2 Å². The zero-order chi connectivity index (χ0) is 20.1. The van der Waals surface area contributed by atoms with Crippen molar-refractivity contribution in [3.8, 4) is 10.7 Å². The van der Waals surface area contributed by atoms with E-state index in [9.17, 15) is 4.79 Å². The molecule has 1 amide bonds. The molecule has 9 heteroatoms. The van der Waals surface area contributed by atoms with E-state index in [0.717, 1.165) is 27.2 Å². The molecule has 1 aromatic carbocycles. The number of thiazole rings is 1. The van der Waals surface area contributed by atoms with E-state index in [1.54, 1.807) is 29.3 Å². The lowest BCUT2D eigenvalue weighted by atomic mass is 10.1. The van der Waals surface area contributed by atoms with Gasteiger partial charge in [0.05, 0.1) is 4.88 Å². The van der Waals surface area contributed by atoms with Gasteiger partial charge in [0, 0.05) is 29.4 Å². The standard InChI is InChI=1S/C20H17N5OS3/c1-2-10-25-17(16-4-3-11-27-16)23-24-20(25)29-13-14-5-7-15(8-6-14)18(26)22-19-21-9-12-28-19/h2-9,11-12H,1,10,13H2,(H,21,22,26). The maximum atomic E-state index is 12.3. The average molecular weight is 440 g/mol. The highest BCUT2D eigenvalue weighted by atomic mass is 32.2. The lowest BCUT2D eigenvalue weighted by molar-refractivity contribution is 0.102. The third-order valence-electron chi connectivity index (χ3n) is 4.01. The Morgan fingerprint density at radius 1 is 1.17 bits per heavy atom. The van der Waals surface area contributed by atoms with Gasteiger partial charge in [-0.1, -0.05) is 36.0 Å². The molecule has 0 aliphatic carbocycles. The summed E-state index contributed by atoms with van der Waals surface area (Å²) in [5.74, 6) is 1.43. The zero-order valence-electron chi connectivity index (χ0n) is 15.3. The minimum absolute atomic E-state index is 0.162. The number of benzene rings is 1. The monoisotopic (exact) mass is 439 g/mol. The summed E-state index contributed by atoms with van der Waals surface area (Å²) in [5.41, 5.74) is 1.70. The van der Waals surface area contributed by atoms with Crippen molar-refractivity contribution in [2.24, 2.45) is 0 Å². The number of anilines is 1. The molecule has 6 nitrogen and oxygen atoms in total. The predicted molar refractivity (Wildman–Crippen MR) is 120 cm³/mol. The smallest absolute Gasteiger partial charge is 0.257 e. The van der Waals surface area contributed by atoms with Crippen molar-refractivity contribution < 1.29 is 4.79 Å². The molecule has 0 unspecified atom stereocenters. The Morgan fingerprint density at radius 2 is 2.03 bits per heavy atom. The van der Waals surface area contributed by atoms with Crippen LogP contribution in [0.3, 0.4) is 0 Å². The van der Waals surface area contributed by atoms with Gasteiger partial charge in [0.1, 0.15) is 0 Å². The van der Waals surface area contributed by atoms with Crippen molar-refractivity contribution in [3.05, 3.63) is 77.1 Å². The second kappa shape index (κ2) is 9.17. The zero-order valence-corrected chi connectivity index (χ0v) is 17.8. The molecule has 1 N–H and O–H groups in total. The lowest BCUT2D eigenvalue weighted by Gasteiger charge is -2.07. The van der Waals surface area contributed by atoms with E-state index in [4.69, 9.17) is 0 Å². The van der Waals surface area contributed by atoms with Gasteiger partial charge < -0.3 is 0 Å². The summed E-state index contributed by atoms with van der Waals surface area (Å²) in [7, 11) is 0. The Bertz CT molecular complexity index is 1090. The molecule has 4 rings (SSSR count). The SMILES string of the molecule is C=CCn1c(SCc2ccc(C(=O)Nc3nccs3)cc2)nnc1-c1cccs1. The van der Waals surface area contributed by atoms with Crippen LogP contribution in [-0.2, 0) is 12.3 Å². The largest absolute Gasteiger partial charge is 0.298 e. The van der Waals surface area contributed by atoms with Crippen molar-refractivity contribution in [1.29, 1.82) is 0 Å². The molecule has 29 heavy (non-hydrogen) atoms. The molecule has 3 heterocycles. The second-order valence-corrected chi connectivity index (χ2v) is 8.74. The van der Waals surface area contributed by atoms with Gasteiger partial charge in [-0.05, 0) is 29.1 Å². The second-order valence-electron chi connectivity index (χ2n) is 5.96. The van der Waals surface area contributed by atoms with Gasteiger partial charge in [-0.3, -0.25) is 14.7 Å². The number of carbonyl (C=O) groups is 1. The van der Waals surface area contributed by atoms with Crippen LogP contribution >= 0.6 is 34.4 Å². The maximum Gasteiger partial charge on any atom is 0.257 e. The van der Waals surface area contributed by atoms with Crippen LogP contribution in [0.25, 0.3) is 10.7 Å². The number of carbonyl (C=O) groups excluding carboxylic acids is 1. The maximum absolute atomic E-state index is 12.3. The van der Waals surface area contributed by atoms with E-state index in [0.29, 0.717) is 17.2 Å². The van der Waals surface area contributed by atoms with Crippen LogP contribution in [-0.4, -0.2) is 25.7 Å². The molecule has 0 spiro atoms. The first-order valence-electron chi connectivity index (χ1n) is 8.75. The van der Waals surface area contributed by atoms with E-state index >= 15 is 0 Å². The van der Waals surface area contributed by atoms with E-state index < -0.39 is 0 Å². The van der Waals surface area contributed by atoms with Gasteiger partial charge in [-0.15, -0.1) is 39.4 Å². The summed E-state index contributed by atoms with van der Waals surface area (Å²) in [6, 6.07) is 11.6. The molecule has 0 saturated heterocycles. The molecule has 3 aromatic heterocycles. The predicted octanol–water partition coefficient (Wildman–Crippen LogP) is 5.19. The van der Waals surface area contributed by atoms with Crippen molar-refractivity contribution in [3.63, 3.8) is 0 Å². The van der Waals surface area contributed by atoms with Crippen LogP contribution in [0.4, 0.5) is 5.13 Å². The minimum Gasteiger partial charge on any atom is -0.298 e. The van der Waals surface area contributed by atoms with Gasteiger partial charge in [-0.25, -0.2) is 4.98 Å². The third kappa shape index (κ3) is 4.64. The summed E-state index contributed by atoms with van der Waals surface area (Å²) < 4.78 is 2.07. The number of nitrogens with one attached hydrogen (secondary N) is 1. The number of aromatic nitrogens is 4. The van der Waals surface area contributed by atoms with Crippen LogP contribution < -0.4 is 5.32 Å². The normalized spacial score (nSPS) is 10.8. The number of hydrogen-bond acceptors (Lipinski definition) is 7. The number of allylic oxidation sites excluding steroid dienone is 1. The highest BCUT2D eigenvalue weighted by Gasteiger charge is 2.14. The van der Waals surface area contributed by atoms with Crippen molar-refractivity contribution >= 4 is 45.5 Å². The number of amides is 1. The first-order valence-corrected chi connectivity index (χ1v) is 11.5. The Labute approximate surface area is 180 Å². The molecule has 0 atom stereocenters. The molecule has 4 aromatic rings. The van der Waals surface area contributed by atoms with Gasteiger partial charge in [0.15, 0.2) is 16.1 Å². The van der Waals surface area contributed by atoms with Crippen molar-refractivity contribution in [1.82, 2.24) is 19.7 Å². The fourth-order valence-electron chi connectivity index (χ4n) is 2.63. The van der Waals surface area contributed by atoms with Crippen molar-refractivity contribution in [2.75, 3.05) is 5.32 Å².